The Labute approximate surface area is 129 Å². The Hall–Kier alpha value is -1.85. The first kappa shape index (κ1) is 16.5. The van der Waals surface area contributed by atoms with E-state index in [-0.39, 0.29) is 11.9 Å². The quantitative estimate of drug-likeness (QED) is 0.835. The number of hydrogen-bond acceptors (Lipinski definition) is 3. The standard InChI is InChI=1S/C16H21F2NO3/c1-16(2,3)22-15(20)19-8-4-5-12(10-19)21-14-9-11(17)6-7-13(14)18/h6-7,9,12H,4-5,8,10H2,1-3H3. The molecule has 0 spiro atoms. The second-order valence-electron chi connectivity index (χ2n) is 6.38. The number of benzene rings is 1. The van der Waals surface area contributed by atoms with E-state index in [1.54, 1.807) is 20.8 Å². The molecule has 6 heteroatoms. The molecule has 22 heavy (non-hydrogen) atoms. The van der Waals surface area contributed by atoms with Crippen molar-refractivity contribution in [3.63, 3.8) is 0 Å². The maximum absolute atomic E-state index is 13.6. The van der Waals surface area contributed by atoms with Gasteiger partial charge in [-0.1, -0.05) is 0 Å². The number of rotatable bonds is 2. The number of hydrogen-bond donors (Lipinski definition) is 0. The average Bonchev–Trinajstić information content (AvgIpc) is 2.41. The van der Waals surface area contributed by atoms with Crippen molar-refractivity contribution in [1.82, 2.24) is 4.90 Å². The summed E-state index contributed by atoms with van der Waals surface area (Å²) in [4.78, 5) is 13.6. The predicted octanol–water partition coefficient (Wildman–Crippen LogP) is 3.74. The van der Waals surface area contributed by atoms with Crippen LogP contribution in [0, 0.1) is 11.6 Å². The molecule has 1 unspecified atom stereocenters. The van der Waals surface area contributed by atoms with Gasteiger partial charge in [0.25, 0.3) is 0 Å². The first-order valence-electron chi connectivity index (χ1n) is 7.34. The van der Waals surface area contributed by atoms with E-state index in [1.807, 2.05) is 0 Å². The van der Waals surface area contributed by atoms with Gasteiger partial charge in [0.05, 0.1) is 6.54 Å². The van der Waals surface area contributed by atoms with Gasteiger partial charge in [-0.05, 0) is 45.7 Å². The zero-order valence-electron chi connectivity index (χ0n) is 13.1. The highest BCUT2D eigenvalue weighted by Crippen LogP contribution is 2.23. The Bertz CT molecular complexity index is 543. The molecule has 0 aliphatic carbocycles. The molecule has 0 aromatic heterocycles. The fourth-order valence-corrected chi connectivity index (χ4v) is 2.27. The van der Waals surface area contributed by atoms with E-state index < -0.39 is 23.3 Å². The maximum Gasteiger partial charge on any atom is 0.410 e. The normalized spacial score (nSPS) is 19.0. The number of carbonyl (C=O) groups excluding carboxylic acids is 1. The highest BCUT2D eigenvalue weighted by atomic mass is 19.1. The molecule has 122 valence electrons. The monoisotopic (exact) mass is 313 g/mol. The van der Waals surface area contributed by atoms with E-state index in [9.17, 15) is 13.6 Å². The summed E-state index contributed by atoms with van der Waals surface area (Å²) < 4.78 is 37.6. The second-order valence-corrected chi connectivity index (χ2v) is 6.38. The van der Waals surface area contributed by atoms with Crippen molar-refractivity contribution < 1.29 is 23.0 Å². The molecule has 1 aliphatic heterocycles. The van der Waals surface area contributed by atoms with Crippen LogP contribution < -0.4 is 4.74 Å². The van der Waals surface area contributed by atoms with Crippen molar-refractivity contribution in [3.8, 4) is 5.75 Å². The predicted molar refractivity (Wildman–Crippen MR) is 77.8 cm³/mol. The van der Waals surface area contributed by atoms with Gasteiger partial charge < -0.3 is 14.4 Å². The summed E-state index contributed by atoms with van der Waals surface area (Å²) in [6.45, 7) is 6.26. The molecular weight excluding hydrogens is 292 g/mol. The third-order valence-electron chi connectivity index (χ3n) is 3.22. The van der Waals surface area contributed by atoms with Crippen molar-refractivity contribution >= 4 is 6.09 Å². The fourth-order valence-electron chi connectivity index (χ4n) is 2.27. The smallest absolute Gasteiger partial charge is 0.410 e. The number of halogens is 2. The van der Waals surface area contributed by atoms with Crippen LogP contribution in [0.4, 0.5) is 13.6 Å². The number of nitrogens with zero attached hydrogens (tertiary/aromatic N) is 1. The first-order chi connectivity index (χ1) is 10.2. The van der Waals surface area contributed by atoms with Crippen molar-refractivity contribution in [2.45, 2.75) is 45.3 Å². The zero-order chi connectivity index (χ0) is 16.3. The summed E-state index contributed by atoms with van der Waals surface area (Å²) in [5.74, 6) is -1.30. The number of carbonyl (C=O) groups is 1. The Morgan fingerprint density at radius 2 is 2.05 bits per heavy atom. The van der Waals surface area contributed by atoms with Gasteiger partial charge >= 0.3 is 6.09 Å². The average molecular weight is 313 g/mol. The summed E-state index contributed by atoms with van der Waals surface area (Å²) in [6.07, 6.45) is 0.605. The molecule has 1 aromatic rings. The molecule has 1 fully saturated rings. The molecule has 4 nitrogen and oxygen atoms in total. The molecule has 1 aliphatic rings. The minimum Gasteiger partial charge on any atom is -0.485 e. The van der Waals surface area contributed by atoms with Gasteiger partial charge in [0, 0.05) is 12.6 Å². The molecule has 1 amide bonds. The number of ether oxygens (including phenoxy) is 2. The van der Waals surface area contributed by atoms with Crippen molar-refractivity contribution in [2.24, 2.45) is 0 Å². The Morgan fingerprint density at radius 1 is 1.32 bits per heavy atom. The number of piperidine rings is 1. The third kappa shape index (κ3) is 4.58. The van der Waals surface area contributed by atoms with Crippen molar-refractivity contribution in [3.05, 3.63) is 29.8 Å². The first-order valence-corrected chi connectivity index (χ1v) is 7.34. The van der Waals surface area contributed by atoms with E-state index in [0.717, 1.165) is 24.6 Å². The van der Waals surface area contributed by atoms with Gasteiger partial charge in [-0.15, -0.1) is 0 Å². The van der Waals surface area contributed by atoms with Gasteiger partial charge in [-0.3, -0.25) is 0 Å². The molecule has 0 N–H and O–H groups in total. The number of likely N-dealkylation sites (tertiary alicyclic amines) is 1. The van der Waals surface area contributed by atoms with Crippen LogP contribution in [-0.4, -0.2) is 35.8 Å². The third-order valence-corrected chi connectivity index (χ3v) is 3.22. The SMILES string of the molecule is CC(C)(C)OC(=O)N1CCCC(Oc2cc(F)ccc2F)C1. The summed E-state index contributed by atoms with van der Waals surface area (Å²) in [7, 11) is 0. The Kier molecular flexibility index (Phi) is 4.88. The van der Waals surface area contributed by atoms with E-state index in [4.69, 9.17) is 9.47 Å². The minimum atomic E-state index is -0.615. The molecule has 1 heterocycles. The largest absolute Gasteiger partial charge is 0.485 e. The molecule has 1 aromatic carbocycles. The van der Waals surface area contributed by atoms with Crippen molar-refractivity contribution in [2.75, 3.05) is 13.1 Å². The maximum atomic E-state index is 13.6. The molecule has 0 radical (unpaired) electrons. The van der Waals surface area contributed by atoms with Gasteiger partial charge in [-0.2, -0.15) is 0 Å². The van der Waals surface area contributed by atoms with Crippen LogP contribution in [0.5, 0.6) is 5.75 Å². The summed E-state index contributed by atoms with van der Waals surface area (Å²) >= 11 is 0. The van der Waals surface area contributed by atoms with Gasteiger partial charge in [0.2, 0.25) is 0 Å². The molecular formula is C16H21F2NO3. The van der Waals surface area contributed by atoms with Gasteiger partial charge in [0.15, 0.2) is 11.6 Å². The van der Waals surface area contributed by atoms with Crippen LogP contribution in [0.1, 0.15) is 33.6 Å². The lowest BCUT2D eigenvalue weighted by atomic mass is 10.1. The highest BCUT2D eigenvalue weighted by Gasteiger charge is 2.29. The van der Waals surface area contributed by atoms with Crippen LogP contribution >= 0.6 is 0 Å². The lowest BCUT2D eigenvalue weighted by Gasteiger charge is -2.34. The summed E-state index contributed by atoms with van der Waals surface area (Å²) in [5.41, 5.74) is -0.570. The van der Waals surface area contributed by atoms with E-state index in [0.29, 0.717) is 19.5 Å². The van der Waals surface area contributed by atoms with Gasteiger partial charge in [0.1, 0.15) is 17.5 Å². The van der Waals surface area contributed by atoms with Crippen LogP contribution in [0.15, 0.2) is 18.2 Å². The lowest BCUT2D eigenvalue weighted by molar-refractivity contribution is 0.00732. The number of amides is 1. The molecule has 1 saturated heterocycles. The summed E-state index contributed by atoms with van der Waals surface area (Å²) in [5, 5.41) is 0. The second kappa shape index (κ2) is 6.50. The highest BCUT2D eigenvalue weighted by molar-refractivity contribution is 5.68. The van der Waals surface area contributed by atoms with Crippen LogP contribution in [0.3, 0.4) is 0 Å². The Morgan fingerprint density at radius 3 is 2.73 bits per heavy atom. The van der Waals surface area contributed by atoms with E-state index in [1.165, 1.54) is 4.90 Å². The fraction of sp³-hybridized carbons (Fsp3) is 0.562. The Balaban J connectivity index is 1.98. The van der Waals surface area contributed by atoms with Gasteiger partial charge in [-0.25, -0.2) is 13.6 Å². The van der Waals surface area contributed by atoms with E-state index in [2.05, 4.69) is 0 Å². The van der Waals surface area contributed by atoms with E-state index >= 15 is 0 Å². The molecule has 0 bridgehead atoms. The van der Waals surface area contributed by atoms with Crippen LogP contribution in [-0.2, 0) is 4.74 Å². The lowest BCUT2D eigenvalue weighted by Crippen LogP contribution is -2.46. The van der Waals surface area contributed by atoms with Crippen LogP contribution in [0.2, 0.25) is 0 Å². The molecule has 2 rings (SSSR count). The molecule has 1 atom stereocenters. The molecule has 0 saturated carbocycles. The topological polar surface area (TPSA) is 38.8 Å². The summed E-state index contributed by atoms with van der Waals surface area (Å²) in [6, 6.07) is 3.08. The zero-order valence-corrected chi connectivity index (χ0v) is 13.1. The minimum absolute atomic E-state index is 0.129. The van der Waals surface area contributed by atoms with Crippen molar-refractivity contribution in [1.29, 1.82) is 0 Å². The van der Waals surface area contributed by atoms with Crippen LogP contribution in [0.25, 0.3) is 0 Å².